The molecule has 0 bridgehead atoms. The van der Waals surface area contributed by atoms with E-state index < -0.39 is 6.10 Å². The molecule has 100 valence electrons. The summed E-state index contributed by atoms with van der Waals surface area (Å²) >= 11 is 0. The first kappa shape index (κ1) is 16.4. The van der Waals surface area contributed by atoms with Crippen LogP contribution in [0.2, 0.25) is 0 Å². The standard InChI is InChI=1S/C15H28O2/c1-7-15(17)13(5)11(3)9-8-10(2)12(4)14(6)16/h7-17H,1H2,2-6H3/b9-8+/t10-,11-,12+,13+,14+,15+/m0/s1. The summed E-state index contributed by atoms with van der Waals surface area (Å²) in [5.74, 6) is 1.05. The van der Waals surface area contributed by atoms with Gasteiger partial charge in [-0.1, -0.05) is 45.9 Å². The molecule has 0 spiro atoms. The van der Waals surface area contributed by atoms with E-state index in [1.54, 1.807) is 6.08 Å². The molecule has 0 aliphatic rings. The van der Waals surface area contributed by atoms with Crippen molar-refractivity contribution in [2.24, 2.45) is 23.7 Å². The minimum absolute atomic E-state index is 0.165. The minimum Gasteiger partial charge on any atom is -0.393 e. The van der Waals surface area contributed by atoms with Gasteiger partial charge in [0.1, 0.15) is 0 Å². The zero-order valence-corrected chi connectivity index (χ0v) is 11.8. The van der Waals surface area contributed by atoms with Gasteiger partial charge < -0.3 is 10.2 Å². The Kier molecular flexibility index (Phi) is 7.40. The van der Waals surface area contributed by atoms with Crippen molar-refractivity contribution in [2.45, 2.75) is 46.8 Å². The quantitative estimate of drug-likeness (QED) is 0.672. The van der Waals surface area contributed by atoms with Gasteiger partial charge in [-0.05, 0) is 30.6 Å². The fraction of sp³-hybridized carbons (Fsp3) is 0.733. The van der Waals surface area contributed by atoms with Crippen molar-refractivity contribution in [3.63, 3.8) is 0 Å². The Morgan fingerprint density at radius 3 is 1.59 bits per heavy atom. The normalized spacial score (nSPS) is 22.8. The van der Waals surface area contributed by atoms with Crippen molar-refractivity contribution < 1.29 is 10.2 Å². The second kappa shape index (κ2) is 7.67. The second-order valence-electron chi connectivity index (χ2n) is 5.29. The lowest BCUT2D eigenvalue weighted by Crippen LogP contribution is -2.22. The van der Waals surface area contributed by atoms with Crippen LogP contribution in [-0.4, -0.2) is 22.4 Å². The number of aliphatic hydroxyl groups is 2. The Labute approximate surface area is 106 Å². The smallest absolute Gasteiger partial charge is 0.0749 e. The van der Waals surface area contributed by atoms with E-state index in [0.29, 0.717) is 11.8 Å². The molecule has 0 fully saturated rings. The molecule has 0 aromatic heterocycles. The van der Waals surface area contributed by atoms with Crippen molar-refractivity contribution >= 4 is 0 Å². The van der Waals surface area contributed by atoms with Gasteiger partial charge in [0.15, 0.2) is 0 Å². The molecule has 0 aliphatic carbocycles. The molecule has 0 amide bonds. The van der Waals surface area contributed by atoms with Crippen LogP contribution in [0, 0.1) is 23.7 Å². The molecule has 0 aromatic rings. The molecule has 0 saturated heterocycles. The lowest BCUT2D eigenvalue weighted by Gasteiger charge is -2.22. The molecule has 0 radical (unpaired) electrons. The minimum atomic E-state index is -0.459. The van der Waals surface area contributed by atoms with E-state index in [1.165, 1.54) is 0 Å². The fourth-order valence-corrected chi connectivity index (χ4v) is 1.67. The molecule has 0 unspecified atom stereocenters. The third-order valence-corrected chi connectivity index (χ3v) is 3.92. The highest BCUT2D eigenvalue weighted by atomic mass is 16.3. The van der Waals surface area contributed by atoms with E-state index >= 15 is 0 Å². The molecule has 2 heteroatoms. The summed E-state index contributed by atoms with van der Waals surface area (Å²) in [7, 11) is 0. The Morgan fingerprint density at radius 1 is 0.824 bits per heavy atom. The maximum atomic E-state index is 9.67. The van der Waals surface area contributed by atoms with E-state index in [9.17, 15) is 10.2 Å². The predicted octanol–water partition coefficient (Wildman–Crippen LogP) is 3.01. The number of hydrogen-bond acceptors (Lipinski definition) is 2. The predicted molar refractivity (Wildman–Crippen MR) is 73.7 cm³/mol. The number of hydrogen-bond donors (Lipinski definition) is 2. The Bertz CT molecular complexity index is 245. The summed E-state index contributed by atoms with van der Waals surface area (Å²) in [4.78, 5) is 0. The van der Waals surface area contributed by atoms with Crippen molar-refractivity contribution in [3.8, 4) is 0 Å². The molecule has 0 aromatic carbocycles. The van der Waals surface area contributed by atoms with Gasteiger partial charge in [0.2, 0.25) is 0 Å². The van der Waals surface area contributed by atoms with E-state index in [2.05, 4.69) is 32.6 Å². The first-order valence-corrected chi connectivity index (χ1v) is 6.48. The first-order valence-electron chi connectivity index (χ1n) is 6.48. The van der Waals surface area contributed by atoms with E-state index in [-0.39, 0.29) is 17.9 Å². The van der Waals surface area contributed by atoms with Crippen LogP contribution in [0.25, 0.3) is 0 Å². The fourth-order valence-electron chi connectivity index (χ4n) is 1.67. The van der Waals surface area contributed by atoms with Gasteiger partial charge in [-0.3, -0.25) is 0 Å². The zero-order valence-electron chi connectivity index (χ0n) is 11.8. The number of aliphatic hydroxyl groups excluding tert-OH is 2. The van der Waals surface area contributed by atoms with Crippen LogP contribution in [-0.2, 0) is 0 Å². The Morgan fingerprint density at radius 2 is 1.24 bits per heavy atom. The highest BCUT2D eigenvalue weighted by Crippen LogP contribution is 2.21. The zero-order chi connectivity index (χ0) is 13.6. The van der Waals surface area contributed by atoms with Crippen LogP contribution in [0.4, 0.5) is 0 Å². The molecule has 6 atom stereocenters. The van der Waals surface area contributed by atoms with Crippen LogP contribution in [0.3, 0.4) is 0 Å². The Hall–Kier alpha value is -0.600. The molecule has 0 heterocycles. The summed E-state index contributed by atoms with van der Waals surface area (Å²) < 4.78 is 0. The van der Waals surface area contributed by atoms with Crippen molar-refractivity contribution in [3.05, 3.63) is 24.8 Å². The van der Waals surface area contributed by atoms with Crippen molar-refractivity contribution in [2.75, 3.05) is 0 Å². The van der Waals surface area contributed by atoms with Gasteiger partial charge in [0, 0.05) is 0 Å². The topological polar surface area (TPSA) is 40.5 Å². The second-order valence-corrected chi connectivity index (χ2v) is 5.29. The molecule has 17 heavy (non-hydrogen) atoms. The molecule has 2 nitrogen and oxygen atoms in total. The molecule has 0 rings (SSSR count). The first-order chi connectivity index (χ1) is 7.81. The average Bonchev–Trinajstić information content (AvgIpc) is 2.32. The number of allylic oxidation sites excluding steroid dienone is 2. The summed E-state index contributed by atoms with van der Waals surface area (Å²) in [6.45, 7) is 13.7. The Balaban J connectivity index is 4.36. The molecular weight excluding hydrogens is 212 g/mol. The lowest BCUT2D eigenvalue weighted by atomic mass is 9.86. The van der Waals surface area contributed by atoms with E-state index in [1.807, 2.05) is 20.8 Å². The number of rotatable bonds is 7. The van der Waals surface area contributed by atoms with Gasteiger partial charge in [0.25, 0.3) is 0 Å². The summed E-state index contributed by atoms with van der Waals surface area (Å²) in [5, 5.41) is 19.2. The molecular formula is C15H28O2. The third-order valence-electron chi connectivity index (χ3n) is 3.92. The SMILES string of the molecule is C=C[C@@H](O)[C@H](C)[C@@H](C)/C=C/[C@H](C)[C@@H](C)[C@@H](C)O. The largest absolute Gasteiger partial charge is 0.393 e. The maximum absolute atomic E-state index is 9.67. The monoisotopic (exact) mass is 240 g/mol. The third kappa shape index (κ3) is 5.51. The van der Waals surface area contributed by atoms with Crippen molar-refractivity contribution in [1.29, 1.82) is 0 Å². The van der Waals surface area contributed by atoms with E-state index in [0.717, 1.165) is 0 Å². The maximum Gasteiger partial charge on any atom is 0.0749 e. The molecule has 2 N–H and O–H groups in total. The van der Waals surface area contributed by atoms with Gasteiger partial charge in [-0.2, -0.15) is 0 Å². The highest BCUT2D eigenvalue weighted by molar-refractivity contribution is 4.97. The van der Waals surface area contributed by atoms with Crippen molar-refractivity contribution in [1.82, 2.24) is 0 Å². The van der Waals surface area contributed by atoms with Crippen LogP contribution in [0.15, 0.2) is 24.8 Å². The van der Waals surface area contributed by atoms with Gasteiger partial charge >= 0.3 is 0 Å². The summed E-state index contributed by atoms with van der Waals surface area (Å²) in [5.41, 5.74) is 0. The van der Waals surface area contributed by atoms with Gasteiger partial charge in [-0.25, -0.2) is 0 Å². The van der Waals surface area contributed by atoms with Gasteiger partial charge in [-0.15, -0.1) is 6.58 Å². The molecule has 0 saturated carbocycles. The average molecular weight is 240 g/mol. The van der Waals surface area contributed by atoms with Crippen LogP contribution in [0.5, 0.6) is 0 Å². The lowest BCUT2D eigenvalue weighted by molar-refractivity contribution is 0.115. The van der Waals surface area contributed by atoms with Gasteiger partial charge in [0.05, 0.1) is 12.2 Å². The van der Waals surface area contributed by atoms with Crippen LogP contribution < -0.4 is 0 Å². The van der Waals surface area contributed by atoms with Crippen LogP contribution in [0.1, 0.15) is 34.6 Å². The summed E-state index contributed by atoms with van der Waals surface area (Å²) in [6, 6.07) is 0. The summed E-state index contributed by atoms with van der Waals surface area (Å²) in [6.07, 6.45) is 5.09. The van der Waals surface area contributed by atoms with Crippen LogP contribution >= 0.6 is 0 Å². The van der Waals surface area contributed by atoms with E-state index in [4.69, 9.17) is 0 Å². The molecule has 0 aliphatic heterocycles. The highest BCUT2D eigenvalue weighted by Gasteiger charge is 2.18.